The minimum absolute atomic E-state index is 0.0217. The molecule has 2 aromatic heterocycles. The molecule has 3 aromatic rings. The summed E-state index contributed by atoms with van der Waals surface area (Å²) in [4.78, 5) is 22.1. The molecule has 0 saturated heterocycles. The average Bonchev–Trinajstić information content (AvgIpc) is 3.27. The monoisotopic (exact) mass is 433 g/mol. The van der Waals surface area contributed by atoms with Gasteiger partial charge in [-0.2, -0.15) is 18.3 Å². The second-order valence-corrected chi connectivity index (χ2v) is 6.97. The van der Waals surface area contributed by atoms with Crippen LogP contribution < -0.4 is 4.74 Å². The molecule has 0 aliphatic heterocycles. The Morgan fingerprint density at radius 2 is 1.97 bits per heavy atom. The van der Waals surface area contributed by atoms with Crippen LogP contribution in [0.2, 0.25) is 0 Å². The number of hydrogen-bond acceptors (Lipinski definition) is 5. The Hall–Kier alpha value is -3.43. The fraction of sp³-hybridized carbons (Fsp3) is 0.333. The summed E-state index contributed by atoms with van der Waals surface area (Å²) in [6.07, 6.45) is 0.202. The number of rotatable bonds is 7. The van der Waals surface area contributed by atoms with Crippen molar-refractivity contribution in [2.45, 2.75) is 33.0 Å². The third-order valence-corrected chi connectivity index (χ3v) is 4.68. The number of benzene rings is 1. The maximum atomic E-state index is 13.3. The lowest BCUT2D eigenvalue weighted by Crippen LogP contribution is -2.42. The molecular formula is C21H22F3N5O2. The highest BCUT2D eigenvalue weighted by molar-refractivity contribution is 5.98. The van der Waals surface area contributed by atoms with E-state index in [-0.39, 0.29) is 24.6 Å². The van der Waals surface area contributed by atoms with Crippen molar-refractivity contribution in [1.82, 2.24) is 24.6 Å². The highest BCUT2D eigenvalue weighted by Crippen LogP contribution is 2.28. The van der Waals surface area contributed by atoms with Crippen molar-refractivity contribution < 1.29 is 22.7 Å². The Balaban J connectivity index is 1.74. The number of aryl methyl sites for hydroxylation is 1. The number of nitrogens with zero attached hydrogens (tertiary/aromatic N) is 5. The molecular weight excluding hydrogens is 411 g/mol. The molecule has 10 heteroatoms. The quantitative estimate of drug-likeness (QED) is 0.565. The van der Waals surface area contributed by atoms with Crippen LogP contribution in [0.1, 0.15) is 35.3 Å². The second kappa shape index (κ2) is 9.15. The van der Waals surface area contributed by atoms with Crippen molar-refractivity contribution in [3.05, 3.63) is 65.7 Å². The van der Waals surface area contributed by atoms with Crippen molar-refractivity contribution in [3.8, 4) is 11.7 Å². The van der Waals surface area contributed by atoms with Crippen molar-refractivity contribution in [3.63, 3.8) is 0 Å². The molecule has 3 rings (SSSR count). The van der Waals surface area contributed by atoms with Crippen LogP contribution >= 0.6 is 0 Å². The number of carbonyl (C=O) groups excluding carboxylic acids is 1. The van der Waals surface area contributed by atoms with Crippen LogP contribution in [0.5, 0.6) is 6.01 Å². The van der Waals surface area contributed by atoms with Crippen molar-refractivity contribution >= 4 is 5.91 Å². The summed E-state index contributed by atoms with van der Waals surface area (Å²) in [5.74, 6) is -0.207. The molecule has 1 atom stereocenters. The zero-order chi connectivity index (χ0) is 22.6. The fourth-order valence-corrected chi connectivity index (χ4v) is 3.06. The van der Waals surface area contributed by atoms with Crippen molar-refractivity contribution in [2.24, 2.45) is 0 Å². The summed E-state index contributed by atoms with van der Waals surface area (Å²) in [5.41, 5.74) is 1.11. The van der Waals surface area contributed by atoms with E-state index in [1.165, 1.54) is 0 Å². The zero-order valence-corrected chi connectivity index (χ0v) is 17.3. The van der Waals surface area contributed by atoms with Gasteiger partial charge in [-0.15, -0.1) is 0 Å². The van der Waals surface area contributed by atoms with E-state index in [0.717, 1.165) is 5.56 Å². The first-order chi connectivity index (χ1) is 14.7. The second-order valence-electron chi connectivity index (χ2n) is 6.97. The molecule has 0 aliphatic carbocycles. The Kier molecular flexibility index (Phi) is 6.57. The minimum Gasteiger partial charge on any atom is -0.461 e. The summed E-state index contributed by atoms with van der Waals surface area (Å²) >= 11 is 0. The van der Waals surface area contributed by atoms with E-state index in [4.69, 9.17) is 4.74 Å². The maximum absolute atomic E-state index is 13.3. The van der Waals surface area contributed by atoms with Crippen molar-refractivity contribution in [2.75, 3.05) is 13.2 Å². The fourth-order valence-electron chi connectivity index (χ4n) is 3.06. The Bertz CT molecular complexity index is 1020. The third-order valence-electron chi connectivity index (χ3n) is 4.68. The molecule has 164 valence electrons. The van der Waals surface area contributed by atoms with E-state index in [2.05, 4.69) is 15.1 Å². The third kappa shape index (κ3) is 5.19. The van der Waals surface area contributed by atoms with Gasteiger partial charge in [-0.25, -0.2) is 14.6 Å². The molecule has 0 aliphatic rings. The lowest BCUT2D eigenvalue weighted by molar-refractivity contribution is -0.138. The van der Waals surface area contributed by atoms with Gasteiger partial charge in [-0.1, -0.05) is 11.6 Å². The zero-order valence-electron chi connectivity index (χ0n) is 17.3. The molecule has 7 nitrogen and oxygen atoms in total. The van der Waals surface area contributed by atoms with E-state index in [9.17, 15) is 18.0 Å². The van der Waals surface area contributed by atoms with Gasteiger partial charge >= 0.3 is 12.2 Å². The predicted octanol–water partition coefficient (Wildman–Crippen LogP) is 3.92. The first-order valence-corrected chi connectivity index (χ1v) is 9.64. The normalized spacial score (nSPS) is 12.5. The number of amides is 1. The molecule has 2 heterocycles. The highest BCUT2D eigenvalue weighted by Gasteiger charge is 2.31. The molecule has 0 fully saturated rings. The molecule has 31 heavy (non-hydrogen) atoms. The summed E-state index contributed by atoms with van der Waals surface area (Å²) in [5, 5.41) is 4.21. The van der Waals surface area contributed by atoms with Gasteiger partial charge < -0.3 is 9.64 Å². The number of alkyl halides is 3. The standard InChI is InChI=1S/C21H22F3N5O2/c1-4-28(15(3)13-31-20-25-11-16(12-26-20)21(22,23)24)19(30)17-10-14(2)6-7-18(17)29-9-5-8-27-29/h5-12,15H,4,13H2,1-3H3. The number of ether oxygens (including phenoxy) is 1. The molecule has 0 bridgehead atoms. The van der Waals surface area contributed by atoms with Crippen LogP contribution in [0, 0.1) is 6.92 Å². The summed E-state index contributed by atoms with van der Waals surface area (Å²) in [7, 11) is 0. The predicted molar refractivity (Wildman–Crippen MR) is 107 cm³/mol. The first kappa shape index (κ1) is 22.3. The Labute approximate surface area is 177 Å². The summed E-state index contributed by atoms with van der Waals surface area (Å²) in [6, 6.07) is 6.74. The molecule has 0 spiro atoms. The topological polar surface area (TPSA) is 73.1 Å². The van der Waals surface area contributed by atoms with Gasteiger partial charge in [0, 0.05) is 31.3 Å². The Morgan fingerprint density at radius 3 is 2.55 bits per heavy atom. The minimum atomic E-state index is -4.52. The molecule has 1 aromatic carbocycles. The number of halogens is 3. The van der Waals surface area contributed by atoms with E-state index in [1.807, 2.05) is 26.0 Å². The molecule has 0 N–H and O–H groups in total. The van der Waals surface area contributed by atoms with E-state index >= 15 is 0 Å². The molecule has 1 unspecified atom stereocenters. The van der Waals surface area contributed by atoms with Crippen LogP contribution in [-0.2, 0) is 6.18 Å². The van der Waals surface area contributed by atoms with Crippen molar-refractivity contribution in [1.29, 1.82) is 0 Å². The molecule has 0 saturated carbocycles. The van der Waals surface area contributed by atoms with Gasteiger partial charge in [-0.3, -0.25) is 4.79 Å². The smallest absolute Gasteiger partial charge is 0.419 e. The van der Waals surface area contributed by atoms with Crippen LogP contribution in [0.4, 0.5) is 13.2 Å². The van der Waals surface area contributed by atoms with Crippen LogP contribution in [0.3, 0.4) is 0 Å². The lowest BCUT2D eigenvalue weighted by atomic mass is 10.1. The lowest BCUT2D eigenvalue weighted by Gasteiger charge is -2.28. The molecule has 0 radical (unpaired) electrons. The van der Waals surface area contributed by atoms with E-state index in [1.54, 1.807) is 41.0 Å². The van der Waals surface area contributed by atoms with Gasteiger partial charge in [0.2, 0.25) is 0 Å². The van der Waals surface area contributed by atoms with E-state index < -0.39 is 11.7 Å². The van der Waals surface area contributed by atoms with Gasteiger partial charge in [0.05, 0.1) is 22.9 Å². The van der Waals surface area contributed by atoms with Crippen LogP contribution in [-0.4, -0.2) is 49.7 Å². The average molecular weight is 433 g/mol. The maximum Gasteiger partial charge on any atom is 0.419 e. The number of carbonyl (C=O) groups is 1. The molecule has 1 amide bonds. The number of likely N-dealkylation sites (N-methyl/N-ethyl adjacent to an activating group) is 1. The SMILES string of the molecule is CCN(C(=O)c1cc(C)ccc1-n1cccn1)C(C)COc1ncc(C(F)(F)F)cn1. The summed E-state index contributed by atoms with van der Waals surface area (Å²) < 4.78 is 44.9. The highest BCUT2D eigenvalue weighted by atomic mass is 19.4. The van der Waals surface area contributed by atoms with Gasteiger partial charge in [0.15, 0.2) is 0 Å². The largest absolute Gasteiger partial charge is 0.461 e. The number of aromatic nitrogens is 4. The van der Waals surface area contributed by atoms with Crippen LogP contribution in [0.25, 0.3) is 5.69 Å². The first-order valence-electron chi connectivity index (χ1n) is 9.64. The van der Waals surface area contributed by atoms with Crippen LogP contribution in [0.15, 0.2) is 49.1 Å². The van der Waals surface area contributed by atoms with Gasteiger partial charge in [-0.05, 0) is 39.0 Å². The van der Waals surface area contributed by atoms with Gasteiger partial charge in [0.25, 0.3) is 5.91 Å². The van der Waals surface area contributed by atoms with E-state index in [0.29, 0.717) is 30.2 Å². The van der Waals surface area contributed by atoms with Gasteiger partial charge in [0.1, 0.15) is 6.61 Å². The Morgan fingerprint density at radius 1 is 1.26 bits per heavy atom. The number of hydrogen-bond donors (Lipinski definition) is 0. The summed E-state index contributed by atoms with van der Waals surface area (Å²) in [6.45, 7) is 5.95.